The number of phenolic OH excluding ortho intramolecular Hbond substituents is 1. The maximum Gasteiger partial charge on any atom is 0.229 e. The van der Waals surface area contributed by atoms with Crippen LogP contribution in [0.25, 0.3) is 5.76 Å². The van der Waals surface area contributed by atoms with E-state index >= 15 is 0 Å². The van der Waals surface area contributed by atoms with Crippen molar-refractivity contribution in [2.45, 2.75) is 30.7 Å². The summed E-state index contributed by atoms with van der Waals surface area (Å²) in [4.78, 5) is 12.3. The number of carbonyl (C=O) groups excluding carboxylic acids is 1. The fraction of sp³-hybridized carbons (Fsp3) is 0.286. The summed E-state index contributed by atoms with van der Waals surface area (Å²) in [5.41, 5.74) is 0.110. The molecule has 6 N–H and O–H groups in total. The van der Waals surface area contributed by atoms with Crippen molar-refractivity contribution in [3.63, 3.8) is 0 Å². The summed E-state index contributed by atoms with van der Waals surface area (Å²) in [5.74, 6) is -1.52. The molecule has 1 heterocycles. The molecule has 9 nitrogen and oxygen atoms in total. The predicted octanol–water partition coefficient (Wildman–Crippen LogP) is 1.01. The quantitative estimate of drug-likeness (QED) is 0.214. The van der Waals surface area contributed by atoms with E-state index in [0.717, 1.165) is 12.1 Å². The Morgan fingerprint density at radius 1 is 1.06 bits per heavy atom. The van der Waals surface area contributed by atoms with E-state index in [1.165, 1.54) is 24.3 Å². The summed E-state index contributed by atoms with van der Waals surface area (Å²) in [6, 6.07) is 9.98. The first-order chi connectivity index (χ1) is 14.7. The van der Waals surface area contributed by atoms with Crippen LogP contribution < -0.4 is 4.74 Å². The van der Waals surface area contributed by atoms with Gasteiger partial charge in [0.25, 0.3) is 0 Å². The van der Waals surface area contributed by atoms with Gasteiger partial charge in [0.2, 0.25) is 6.29 Å². The van der Waals surface area contributed by atoms with Gasteiger partial charge in [-0.25, -0.2) is 0 Å². The highest BCUT2D eigenvalue weighted by molar-refractivity contribution is 6.34. The zero-order valence-electron chi connectivity index (χ0n) is 16.0. The zero-order chi connectivity index (χ0) is 22.7. The monoisotopic (exact) mass is 452 g/mol. The van der Waals surface area contributed by atoms with Crippen LogP contribution in [0.1, 0.15) is 15.9 Å². The second-order valence-electron chi connectivity index (χ2n) is 6.87. The zero-order valence-corrected chi connectivity index (χ0v) is 16.8. The van der Waals surface area contributed by atoms with Gasteiger partial charge in [0.15, 0.2) is 5.78 Å². The molecule has 3 rings (SSSR count). The molecule has 0 amide bonds. The fourth-order valence-electron chi connectivity index (χ4n) is 3.04. The van der Waals surface area contributed by atoms with Crippen LogP contribution in [0.2, 0.25) is 5.02 Å². The lowest BCUT2D eigenvalue weighted by atomic mass is 9.99. The Morgan fingerprint density at radius 3 is 2.42 bits per heavy atom. The lowest BCUT2D eigenvalue weighted by Crippen LogP contribution is -2.60. The molecule has 1 fully saturated rings. The van der Waals surface area contributed by atoms with Crippen molar-refractivity contribution in [3.05, 3.63) is 64.7 Å². The number of carbonyl (C=O) groups is 1. The maximum absolute atomic E-state index is 12.3. The van der Waals surface area contributed by atoms with Gasteiger partial charge in [-0.2, -0.15) is 0 Å². The van der Waals surface area contributed by atoms with Gasteiger partial charge < -0.3 is 40.1 Å². The molecule has 2 aromatic rings. The van der Waals surface area contributed by atoms with E-state index in [0.29, 0.717) is 0 Å². The lowest BCUT2D eigenvalue weighted by molar-refractivity contribution is -0.277. The molecule has 0 spiro atoms. The third-order valence-corrected chi connectivity index (χ3v) is 5.08. The van der Waals surface area contributed by atoms with E-state index in [9.17, 15) is 35.4 Å². The Bertz CT molecular complexity index is 975. The molecule has 0 aromatic heterocycles. The van der Waals surface area contributed by atoms with E-state index in [-0.39, 0.29) is 21.9 Å². The van der Waals surface area contributed by atoms with E-state index in [4.69, 9.17) is 21.1 Å². The average Bonchev–Trinajstić information content (AvgIpc) is 2.74. The molecule has 0 radical (unpaired) electrons. The van der Waals surface area contributed by atoms with Crippen molar-refractivity contribution < 1.29 is 44.9 Å². The van der Waals surface area contributed by atoms with Crippen molar-refractivity contribution >= 4 is 23.1 Å². The summed E-state index contributed by atoms with van der Waals surface area (Å²) >= 11 is 5.97. The molecule has 166 valence electrons. The number of halogens is 1. The number of aliphatic hydroxyl groups is 5. The first-order valence-electron chi connectivity index (χ1n) is 9.23. The van der Waals surface area contributed by atoms with Gasteiger partial charge >= 0.3 is 0 Å². The fourth-order valence-corrected chi connectivity index (χ4v) is 3.27. The van der Waals surface area contributed by atoms with Crippen molar-refractivity contribution in [2.24, 2.45) is 0 Å². The molecule has 1 aliphatic rings. The Kier molecular flexibility index (Phi) is 7.16. The summed E-state index contributed by atoms with van der Waals surface area (Å²) in [6.07, 6.45) is -6.46. The van der Waals surface area contributed by atoms with Gasteiger partial charge in [0.1, 0.15) is 41.7 Å². The molecule has 0 bridgehead atoms. The van der Waals surface area contributed by atoms with E-state index < -0.39 is 54.6 Å². The molecule has 2 aromatic carbocycles. The maximum atomic E-state index is 12.3. The highest BCUT2D eigenvalue weighted by atomic mass is 35.5. The van der Waals surface area contributed by atoms with Gasteiger partial charge in [-0.15, -0.1) is 0 Å². The molecule has 31 heavy (non-hydrogen) atoms. The van der Waals surface area contributed by atoms with Crippen LogP contribution in [0, 0.1) is 0 Å². The smallest absolute Gasteiger partial charge is 0.229 e. The van der Waals surface area contributed by atoms with Crippen LogP contribution in [0.15, 0.2) is 48.5 Å². The first kappa shape index (κ1) is 23.0. The van der Waals surface area contributed by atoms with Crippen molar-refractivity contribution in [1.29, 1.82) is 0 Å². The number of aromatic hydroxyl groups is 1. The minimum Gasteiger partial charge on any atom is -0.507 e. The minimum absolute atomic E-state index is 0.00388. The van der Waals surface area contributed by atoms with Crippen LogP contribution in [-0.2, 0) is 4.74 Å². The van der Waals surface area contributed by atoms with Crippen LogP contribution in [0.3, 0.4) is 0 Å². The standard InChI is InChI=1S/C21H21ClO9/c22-13-4-2-1-3-11(13)15(25)8-16(26)12-6-5-10(7-14(12)24)30-21-20(29)19(28)18(27)17(9-23)31-21/h1-8,17-21,23-24,26-29H,9H2/b16-8-/t17-,18-,19+,20-,21-/m1/s1. The molecule has 5 atom stereocenters. The van der Waals surface area contributed by atoms with Crippen LogP contribution in [0.4, 0.5) is 0 Å². The number of rotatable bonds is 6. The number of ketones is 1. The Morgan fingerprint density at radius 2 is 1.77 bits per heavy atom. The van der Waals surface area contributed by atoms with E-state index in [1.54, 1.807) is 12.1 Å². The number of hydrogen-bond acceptors (Lipinski definition) is 9. The van der Waals surface area contributed by atoms with Gasteiger partial charge in [0.05, 0.1) is 17.2 Å². The largest absolute Gasteiger partial charge is 0.507 e. The van der Waals surface area contributed by atoms with Gasteiger partial charge in [0, 0.05) is 17.7 Å². The molecule has 10 heteroatoms. The Hall–Kier alpha value is -2.66. The molecular formula is C21H21ClO9. The molecule has 0 saturated carbocycles. The molecule has 1 saturated heterocycles. The second-order valence-corrected chi connectivity index (χ2v) is 7.27. The number of benzene rings is 2. The first-order valence-corrected chi connectivity index (χ1v) is 9.60. The predicted molar refractivity (Wildman–Crippen MR) is 109 cm³/mol. The van der Waals surface area contributed by atoms with Crippen LogP contribution in [0.5, 0.6) is 11.5 Å². The van der Waals surface area contributed by atoms with Gasteiger partial charge in [-0.1, -0.05) is 23.7 Å². The highest BCUT2D eigenvalue weighted by Crippen LogP contribution is 2.31. The van der Waals surface area contributed by atoms with Crippen LogP contribution in [-0.4, -0.2) is 73.7 Å². The number of ether oxygens (including phenoxy) is 2. The summed E-state index contributed by atoms with van der Waals surface area (Å²) < 4.78 is 10.6. The average molecular weight is 453 g/mol. The highest BCUT2D eigenvalue weighted by Gasteiger charge is 2.44. The van der Waals surface area contributed by atoms with Gasteiger partial charge in [-0.05, 0) is 24.3 Å². The van der Waals surface area contributed by atoms with E-state index in [2.05, 4.69) is 0 Å². The van der Waals surface area contributed by atoms with Gasteiger partial charge in [-0.3, -0.25) is 4.79 Å². The minimum atomic E-state index is -1.62. The third kappa shape index (κ3) is 4.99. The van der Waals surface area contributed by atoms with Crippen LogP contribution >= 0.6 is 11.6 Å². The van der Waals surface area contributed by atoms with Crippen molar-refractivity contribution in [3.8, 4) is 11.5 Å². The molecule has 0 unspecified atom stereocenters. The summed E-state index contributed by atoms with van der Waals surface area (Å²) in [6.45, 7) is -0.618. The Labute approximate surface area is 182 Å². The molecule has 1 aliphatic heterocycles. The number of allylic oxidation sites excluding steroid dienone is 1. The number of hydrogen-bond donors (Lipinski definition) is 6. The molecule has 0 aliphatic carbocycles. The van der Waals surface area contributed by atoms with E-state index in [1.807, 2.05) is 0 Å². The molecular weight excluding hydrogens is 432 g/mol. The SMILES string of the molecule is O=C(/C=C(\O)c1ccc(O[C@@H]2O[C@H](CO)[C@@H](O)[C@H](O)[C@H]2O)cc1O)c1ccccc1Cl. The van der Waals surface area contributed by atoms with Crippen molar-refractivity contribution in [2.75, 3.05) is 6.61 Å². The normalized spacial score (nSPS) is 26.5. The summed E-state index contributed by atoms with van der Waals surface area (Å²) in [7, 11) is 0. The second kappa shape index (κ2) is 9.65. The topological polar surface area (TPSA) is 157 Å². The lowest BCUT2D eigenvalue weighted by Gasteiger charge is -2.39. The summed E-state index contributed by atoms with van der Waals surface area (Å²) in [5, 5.41) is 59.5. The number of phenols is 1. The van der Waals surface area contributed by atoms with Crippen molar-refractivity contribution in [1.82, 2.24) is 0 Å². The number of aliphatic hydroxyl groups excluding tert-OH is 5. The Balaban J connectivity index is 1.77. The third-order valence-electron chi connectivity index (χ3n) is 4.75.